The van der Waals surface area contributed by atoms with E-state index in [2.05, 4.69) is 25.7 Å². The van der Waals surface area contributed by atoms with Gasteiger partial charge in [0.2, 0.25) is 5.95 Å². The maximum Gasteiger partial charge on any atom is 0.229 e. The number of aromatic nitrogens is 2. The van der Waals surface area contributed by atoms with Crippen molar-refractivity contribution in [1.82, 2.24) is 14.9 Å². The minimum Gasteiger partial charge on any atom is -0.395 e. The predicted octanol–water partition coefficient (Wildman–Crippen LogP) is 1.63. The Kier molecular flexibility index (Phi) is 8.66. The molecule has 0 unspecified atom stereocenters. The first-order valence-electron chi connectivity index (χ1n) is 9.80. The average Bonchev–Trinajstić information content (AvgIpc) is 3.36. The zero-order valence-corrected chi connectivity index (χ0v) is 17.6. The largest absolute Gasteiger partial charge is 0.395 e. The van der Waals surface area contributed by atoms with E-state index in [4.69, 9.17) is 15.1 Å². The highest BCUT2D eigenvalue weighted by Gasteiger charge is 2.24. The van der Waals surface area contributed by atoms with E-state index in [-0.39, 0.29) is 31.4 Å². The molecule has 9 heteroatoms. The van der Waals surface area contributed by atoms with Crippen molar-refractivity contribution in [3.05, 3.63) is 6.07 Å². The van der Waals surface area contributed by atoms with Gasteiger partial charge < -0.3 is 19.8 Å². The van der Waals surface area contributed by atoms with Gasteiger partial charge in [-0.25, -0.2) is 0 Å². The number of anilines is 3. The van der Waals surface area contributed by atoms with Gasteiger partial charge in [-0.2, -0.15) is 9.97 Å². The van der Waals surface area contributed by atoms with Crippen LogP contribution in [-0.2, 0) is 0 Å². The molecule has 3 aliphatic rings. The minimum atomic E-state index is 0. The Balaban J connectivity index is 0.00000131. The van der Waals surface area contributed by atoms with Gasteiger partial charge >= 0.3 is 0 Å². The summed E-state index contributed by atoms with van der Waals surface area (Å²) in [6, 6.07) is 2.19. The summed E-state index contributed by atoms with van der Waals surface area (Å²) in [5.41, 5.74) is 0. The molecule has 0 atom stereocenters. The van der Waals surface area contributed by atoms with Gasteiger partial charge in [-0.1, -0.05) is 0 Å². The molecule has 4 rings (SSSR count). The molecule has 3 saturated heterocycles. The Labute approximate surface area is 174 Å². The van der Waals surface area contributed by atoms with Gasteiger partial charge in [0.1, 0.15) is 11.6 Å². The van der Waals surface area contributed by atoms with Crippen molar-refractivity contribution in [2.75, 3.05) is 80.2 Å². The molecule has 154 valence electrons. The lowest BCUT2D eigenvalue weighted by Gasteiger charge is -2.35. The smallest absolute Gasteiger partial charge is 0.229 e. The van der Waals surface area contributed by atoms with E-state index in [0.717, 1.165) is 76.5 Å². The van der Waals surface area contributed by atoms with Crippen LogP contribution in [0.2, 0.25) is 0 Å². The zero-order valence-electron chi connectivity index (χ0n) is 15.9. The van der Waals surface area contributed by atoms with Crippen LogP contribution in [0.1, 0.15) is 25.7 Å². The van der Waals surface area contributed by atoms with Gasteiger partial charge in [-0.15, -0.1) is 24.8 Å². The van der Waals surface area contributed by atoms with Crippen molar-refractivity contribution in [2.45, 2.75) is 25.7 Å². The molecular weight excluding hydrogens is 387 g/mol. The molecule has 1 aromatic heterocycles. The molecule has 0 radical (unpaired) electrons. The number of rotatable bonds is 5. The summed E-state index contributed by atoms with van der Waals surface area (Å²) in [6.45, 7) is 9.30. The maximum atomic E-state index is 9.13. The highest BCUT2D eigenvalue weighted by atomic mass is 35.5. The number of β-amino-alcohol motifs (C(OH)–C–C–N with tert-alkyl or cyclic N) is 1. The lowest BCUT2D eigenvalue weighted by molar-refractivity contribution is 0.188. The highest BCUT2D eigenvalue weighted by molar-refractivity contribution is 5.85. The van der Waals surface area contributed by atoms with Gasteiger partial charge in [-0.3, -0.25) is 4.90 Å². The maximum absolute atomic E-state index is 9.13. The average molecular weight is 419 g/mol. The fourth-order valence-electron chi connectivity index (χ4n) is 4.08. The number of aliphatic hydroxyl groups is 1. The summed E-state index contributed by atoms with van der Waals surface area (Å²) in [5, 5.41) is 9.13. The molecule has 1 aromatic rings. The van der Waals surface area contributed by atoms with Crippen molar-refractivity contribution >= 4 is 42.4 Å². The third-order valence-corrected chi connectivity index (χ3v) is 5.62. The van der Waals surface area contributed by atoms with Crippen LogP contribution in [0.5, 0.6) is 0 Å². The Hall–Kier alpha value is -1.02. The van der Waals surface area contributed by atoms with E-state index in [1.54, 1.807) is 0 Å². The molecule has 0 aromatic carbocycles. The third kappa shape index (κ3) is 5.28. The molecule has 3 aliphatic heterocycles. The second-order valence-electron chi connectivity index (χ2n) is 7.32. The first-order chi connectivity index (χ1) is 12.3. The van der Waals surface area contributed by atoms with E-state index in [0.29, 0.717) is 0 Å². The Morgan fingerprint density at radius 3 is 1.70 bits per heavy atom. The summed E-state index contributed by atoms with van der Waals surface area (Å²) < 4.78 is 0. The zero-order chi connectivity index (χ0) is 17.1. The van der Waals surface area contributed by atoms with E-state index < -0.39 is 0 Å². The summed E-state index contributed by atoms with van der Waals surface area (Å²) >= 11 is 0. The van der Waals surface area contributed by atoms with E-state index >= 15 is 0 Å². The fourth-order valence-corrected chi connectivity index (χ4v) is 4.08. The van der Waals surface area contributed by atoms with Crippen LogP contribution in [0.15, 0.2) is 6.07 Å². The quantitative estimate of drug-likeness (QED) is 0.779. The second-order valence-corrected chi connectivity index (χ2v) is 7.32. The van der Waals surface area contributed by atoms with Crippen molar-refractivity contribution in [3.8, 4) is 0 Å². The molecule has 3 fully saturated rings. The summed E-state index contributed by atoms with van der Waals surface area (Å²) in [5.74, 6) is 3.08. The van der Waals surface area contributed by atoms with E-state index in [1.807, 2.05) is 0 Å². The molecular formula is C18H32Cl2N6O. The number of halogens is 2. The van der Waals surface area contributed by atoms with Crippen molar-refractivity contribution in [3.63, 3.8) is 0 Å². The van der Waals surface area contributed by atoms with Gasteiger partial charge in [0.25, 0.3) is 0 Å². The standard InChI is InChI=1S/C18H30N6O.2ClH/c25-14-13-21-9-11-23(12-10-21)17-15-16(22-5-1-2-6-22)19-18(20-17)24-7-3-4-8-24;;/h15,25H,1-14H2;2*1H. The third-order valence-electron chi connectivity index (χ3n) is 5.62. The molecule has 7 nitrogen and oxygen atoms in total. The SMILES string of the molecule is Cl.Cl.OCCN1CCN(c2cc(N3CCCC3)nc(N3CCCC3)n2)CC1. The Morgan fingerprint density at radius 2 is 1.19 bits per heavy atom. The van der Waals surface area contributed by atoms with Crippen LogP contribution >= 0.6 is 24.8 Å². The topological polar surface area (TPSA) is 59.0 Å². The normalized spacial score (nSPS) is 20.6. The number of piperazine rings is 1. The first-order valence-corrected chi connectivity index (χ1v) is 9.80. The second kappa shape index (κ2) is 10.5. The number of nitrogens with zero attached hydrogens (tertiary/aromatic N) is 6. The van der Waals surface area contributed by atoms with Crippen LogP contribution in [-0.4, -0.2) is 85.5 Å². The van der Waals surface area contributed by atoms with Crippen LogP contribution < -0.4 is 14.7 Å². The van der Waals surface area contributed by atoms with Crippen molar-refractivity contribution in [2.24, 2.45) is 0 Å². The van der Waals surface area contributed by atoms with Gasteiger partial charge in [0.05, 0.1) is 6.61 Å². The molecule has 0 bridgehead atoms. The van der Waals surface area contributed by atoms with Crippen molar-refractivity contribution < 1.29 is 5.11 Å². The van der Waals surface area contributed by atoms with Crippen LogP contribution in [0.25, 0.3) is 0 Å². The predicted molar refractivity (Wildman–Crippen MR) is 115 cm³/mol. The van der Waals surface area contributed by atoms with E-state index in [9.17, 15) is 0 Å². The van der Waals surface area contributed by atoms with Crippen LogP contribution in [0.3, 0.4) is 0 Å². The summed E-state index contributed by atoms with van der Waals surface area (Å²) in [4.78, 5) is 19.3. The molecule has 0 aliphatic carbocycles. The van der Waals surface area contributed by atoms with Crippen LogP contribution in [0, 0.1) is 0 Å². The minimum absolute atomic E-state index is 0. The fraction of sp³-hybridized carbons (Fsp3) is 0.778. The van der Waals surface area contributed by atoms with Crippen molar-refractivity contribution in [1.29, 1.82) is 0 Å². The van der Waals surface area contributed by atoms with Gasteiger partial charge in [0, 0.05) is 65.0 Å². The van der Waals surface area contributed by atoms with E-state index in [1.165, 1.54) is 25.7 Å². The monoisotopic (exact) mass is 418 g/mol. The molecule has 4 heterocycles. The number of hydrogen-bond donors (Lipinski definition) is 1. The molecule has 1 N–H and O–H groups in total. The Morgan fingerprint density at radius 1 is 0.704 bits per heavy atom. The van der Waals surface area contributed by atoms with Gasteiger partial charge in [0.15, 0.2) is 0 Å². The lowest BCUT2D eigenvalue weighted by Crippen LogP contribution is -2.47. The first kappa shape index (κ1) is 22.3. The summed E-state index contributed by atoms with van der Waals surface area (Å²) in [6.07, 6.45) is 5.01. The van der Waals surface area contributed by atoms with Gasteiger partial charge in [-0.05, 0) is 25.7 Å². The molecule has 0 amide bonds. The molecule has 0 saturated carbocycles. The molecule has 27 heavy (non-hydrogen) atoms. The highest BCUT2D eigenvalue weighted by Crippen LogP contribution is 2.27. The number of hydrogen-bond acceptors (Lipinski definition) is 7. The Bertz CT molecular complexity index is 539. The molecule has 0 spiro atoms. The lowest BCUT2D eigenvalue weighted by atomic mass is 10.3. The number of aliphatic hydroxyl groups excluding tert-OH is 1. The van der Waals surface area contributed by atoms with Crippen LogP contribution in [0.4, 0.5) is 17.6 Å². The summed E-state index contributed by atoms with van der Waals surface area (Å²) in [7, 11) is 0.